The molecule has 1 aromatic rings. The van der Waals surface area contributed by atoms with Crippen LogP contribution < -0.4 is 0 Å². The Morgan fingerprint density at radius 1 is 1.41 bits per heavy atom. The molecule has 0 N–H and O–H groups in total. The molecule has 0 aromatic carbocycles. The average Bonchev–Trinajstić information content (AvgIpc) is 2.69. The molecule has 2 heterocycles. The quantitative estimate of drug-likeness (QED) is 0.834. The fraction of sp³-hybridized carbons (Fsp3) is 0.600. The van der Waals surface area contributed by atoms with Gasteiger partial charge in [-0.3, -0.25) is 0 Å². The summed E-state index contributed by atoms with van der Waals surface area (Å²) in [6, 6.07) is 3.44. The largest absolute Gasteiger partial charge is 0.301 e. The van der Waals surface area contributed by atoms with E-state index >= 15 is 0 Å². The van der Waals surface area contributed by atoms with Crippen LogP contribution in [-0.4, -0.2) is 50.3 Å². The molecule has 1 fully saturated rings. The fourth-order valence-electron chi connectivity index (χ4n) is 1.80. The van der Waals surface area contributed by atoms with Gasteiger partial charge in [-0.15, -0.1) is 11.3 Å². The van der Waals surface area contributed by atoms with Crippen LogP contribution in [0.4, 0.5) is 0 Å². The molecule has 1 unspecified atom stereocenters. The first-order valence-electron chi connectivity index (χ1n) is 5.37. The summed E-state index contributed by atoms with van der Waals surface area (Å²) in [6.07, 6.45) is 0. The predicted molar refractivity (Wildman–Crippen MR) is 70.2 cm³/mol. The van der Waals surface area contributed by atoms with Crippen LogP contribution in [0, 0.1) is 0 Å². The van der Waals surface area contributed by atoms with Crippen molar-refractivity contribution in [1.82, 2.24) is 9.21 Å². The lowest BCUT2D eigenvalue weighted by Gasteiger charge is -2.36. The number of sulfonamides is 1. The maximum absolute atomic E-state index is 12.3. The minimum Gasteiger partial charge on any atom is -0.301 e. The summed E-state index contributed by atoms with van der Waals surface area (Å²) in [6.45, 7) is 3.87. The van der Waals surface area contributed by atoms with Gasteiger partial charge < -0.3 is 4.90 Å². The standard InChI is InChI=1S/C10H15ClN2O2S2/c1-8-7-13(6-5-12(8)2)17(14,15)10-4-3-9(11)16-10/h3-4,8H,5-7H2,1-2H3. The van der Waals surface area contributed by atoms with E-state index in [0.717, 1.165) is 17.9 Å². The molecule has 1 aliphatic rings. The topological polar surface area (TPSA) is 40.6 Å². The molecule has 17 heavy (non-hydrogen) atoms. The maximum Gasteiger partial charge on any atom is 0.252 e. The highest BCUT2D eigenvalue weighted by molar-refractivity contribution is 7.91. The van der Waals surface area contributed by atoms with Crippen molar-refractivity contribution >= 4 is 33.0 Å². The van der Waals surface area contributed by atoms with E-state index in [1.807, 2.05) is 14.0 Å². The van der Waals surface area contributed by atoms with Gasteiger partial charge in [0.1, 0.15) is 4.21 Å². The van der Waals surface area contributed by atoms with E-state index in [-0.39, 0.29) is 6.04 Å². The van der Waals surface area contributed by atoms with Crippen LogP contribution in [0.15, 0.2) is 16.3 Å². The Kier molecular flexibility index (Phi) is 3.80. The van der Waals surface area contributed by atoms with Crippen molar-refractivity contribution in [2.45, 2.75) is 17.2 Å². The summed E-state index contributed by atoms with van der Waals surface area (Å²) >= 11 is 6.90. The Morgan fingerprint density at radius 3 is 2.65 bits per heavy atom. The van der Waals surface area contributed by atoms with Gasteiger partial charge in [0.05, 0.1) is 4.34 Å². The molecule has 0 radical (unpaired) electrons. The fourth-order valence-corrected chi connectivity index (χ4v) is 4.95. The van der Waals surface area contributed by atoms with Gasteiger partial charge in [0.15, 0.2) is 0 Å². The predicted octanol–water partition coefficient (Wildman–Crippen LogP) is 1.73. The molecule has 2 rings (SSSR count). The number of thiophene rings is 1. The van der Waals surface area contributed by atoms with Gasteiger partial charge in [-0.2, -0.15) is 4.31 Å². The summed E-state index contributed by atoms with van der Waals surface area (Å²) in [7, 11) is -1.35. The third kappa shape index (κ3) is 2.66. The highest BCUT2D eigenvalue weighted by Gasteiger charge is 2.31. The van der Waals surface area contributed by atoms with Crippen molar-refractivity contribution in [3.63, 3.8) is 0 Å². The molecule has 96 valence electrons. The SMILES string of the molecule is CC1CN(S(=O)(=O)c2ccc(Cl)s2)CCN1C. The Morgan fingerprint density at radius 2 is 2.12 bits per heavy atom. The lowest BCUT2D eigenvalue weighted by atomic mass is 10.2. The van der Waals surface area contributed by atoms with Crippen LogP contribution in [0.25, 0.3) is 0 Å². The van der Waals surface area contributed by atoms with E-state index in [2.05, 4.69) is 4.90 Å². The van der Waals surface area contributed by atoms with Gasteiger partial charge in [0, 0.05) is 25.7 Å². The molecule has 4 nitrogen and oxygen atoms in total. The second-order valence-corrected chi connectivity index (χ2v) is 8.13. The number of hydrogen-bond donors (Lipinski definition) is 0. The molecule has 0 bridgehead atoms. The van der Waals surface area contributed by atoms with Gasteiger partial charge in [-0.05, 0) is 26.1 Å². The van der Waals surface area contributed by atoms with E-state index in [4.69, 9.17) is 11.6 Å². The van der Waals surface area contributed by atoms with Crippen molar-refractivity contribution in [1.29, 1.82) is 0 Å². The minimum atomic E-state index is -3.36. The van der Waals surface area contributed by atoms with E-state index in [1.165, 1.54) is 0 Å². The zero-order valence-corrected chi connectivity index (χ0v) is 12.1. The molecular formula is C10H15ClN2O2S2. The monoisotopic (exact) mass is 294 g/mol. The molecule has 1 aliphatic heterocycles. The minimum absolute atomic E-state index is 0.244. The summed E-state index contributed by atoms with van der Waals surface area (Å²) < 4.78 is 27.0. The molecule has 1 atom stereocenters. The highest BCUT2D eigenvalue weighted by Crippen LogP contribution is 2.29. The molecule has 1 aromatic heterocycles. The normalized spacial score (nSPS) is 24.1. The van der Waals surface area contributed by atoms with Crippen LogP contribution in [0.3, 0.4) is 0 Å². The summed E-state index contributed by atoms with van der Waals surface area (Å²) in [4.78, 5) is 2.16. The Labute approximate surface area is 111 Å². The van der Waals surface area contributed by atoms with Crippen molar-refractivity contribution in [2.75, 3.05) is 26.7 Å². The van der Waals surface area contributed by atoms with Crippen molar-refractivity contribution in [3.05, 3.63) is 16.5 Å². The molecule has 7 heteroatoms. The molecule has 0 aliphatic carbocycles. The van der Waals surface area contributed by atoms with Gasteiger partial charge >= 0.3 is 0 Å². The van der Waals surface area contributed by atoms with E-state index in [1.54, 1.807) is 16.4 Å². The summed E-state index contributed by atoms with van der Waals surface area (Å²) in [5.74, 6) is 0. The number of rotatable bonds is 2. The lowest BCUT2D eigenvalue weighted by Crippen LogP contribution is -2.51. The second kappa shape index (κ2) is 4.85. The zero-order valence-electron chi connectivity index (χ0n) is 9.76. The first-order chi connectivity index (χ1) is 7.91. The van der Waals surface area contributed by atoms with Crippen LogP contribution in [0.2, 0.25) is 4.34 Å². The van der Waals surface area contributed by atoms with Crippen molar-refractivity contribution in [2.24, 2.45) is 0 Å². The molecule has 0 amide bonds. The van der Waals surface area contributed by atoms with Crippen LogP contribution in [0.5, 0.6) is 0 Å². The number of likely N-dealkylation sites (N-methyl/N-ethyl adjacent to an activating group) is 1. The van der Waals surface area contributed by atoms with Crippen molar-refractivity contribution < 1.29 is 8.42 Å². The van der Waals surface area contributed by atoms with Gasteiger partial charge in [-0.25, -0.2) is 8.42 Å². The Bertz CT molecular complexity index is 500. The third-order valence-electron chi connectivity index (χ3n) is 3.07. The van der Waals surface area contributed by atoms with Gasteiger partial charge in [0.25, 0.3) is 10.0 Å². The Balaban J connectivity index is 2.22. The molecule has 1 saturated heterocycles. The number of halogens is 1. The number of hydrogen-bond acceptors (Lipinski definition) is 4. The summed E-state index contributed by atoms with van der Waals surface area (Å²) in [5, 5.41) is 0. The first-order valence-corrected chi connectivity index (χ1v) is 8.00. The zero-order chi connectivity index (χ0) is 12.6. The molecule has 0 spiro atoms. The van der Waals surface area contributed by atoms with Gasteiger partial charge in [-0.1, -0.05) is 11.6 Å². The van der Waals surface area contributed by atoms with Gasteiger partial charge in [0.2, 0.25) is 0 Å². The van der Waals surface area contributed by atoms with Crippen LogP contribution in [-0.2, 0) is 10.0 Å². The smallest absolute Gasteiger partial charge is 0.252 e. The average molecular weight is 295 g/mol. The second-order valence-electron chi connectivity index (χ2n) is 4.25. The first kappa shape index (κ1) is 13.3. The van der Waals surface area contributed by atoms with Crippen molar-refractivity contribution in [3.8, 4) is 0 Å². The van der Waals surface area contributed by atoms with E-state index < -0.39 is 10.0 Å². The number of piperazine rings is 1. The maximum atomic E-state index is 12.3. The van der Waals surface area contributed by atoms with E-state index in [0.29, 0.717) is 21.6 Å². The third-order valence-corrected chi connectivity index (χ3v) is 6.63. The number of nitrogens with zero attached hydrogens (tertiary/aromatic N) is 2. The molecular weight excluding hydrogens is 280 g/mol. The van der Waals surface area contributed by atoms with Crippen LogP contribution in [0.1, 0.15) is 6.92 Å². The Hall–Kier alpha value is -0.140. The van der Waals surface area contributed by atoms with E-state index in [9.17, 15) is 8.42 Å². The van der Waals surface area contributed by atoms with Crippen LogP contribution >= 0.6 is 22.9 Å². The highest BCUT2D eigenvalue weighted by atomic mass is 35.5. The lowest BCUT2D eigenvalue weighted by molar-refractivity contribution is 0.160. The molecule has 0 saturated carbocycles. The summed E-state index contributed by atoms with van der Waals surface area (Å²) in [5.41, 5.74) is 0.